The zero-order valence-corrected chi connectivity index (χ0v) is 13.0. The zero-order valence-electron chi connectivity index (χ0n) is 11.4. The number of hydrogen-bond donors (Lipinski definition) is 1. The van der Waals surface area contributed by atoms with Gasteiger partial charge in [-0.3, -0.25) is 0 Å². The third-order valence-corrected chi connectivity index (χ3v) is 4.92. The summed E-state index contributed by atoms with van der Waals surface area (Å²) in [5.74, 6) is 0.719. The van der Waals surface area contributed by atoms with Crippen LogP contribution in [-0.4, -0.2) is 9.56 Å². The van der Waals surface area contributed by atoms with Gasteiger partial charge in [-0.25, -0.2) is 0 Å². The van der Waals surface area contributed by atoms with E-state index in [9.17, 15) is 0 Å². The molecule has 3 rings (SSSR count). The SMILES string of the molecule is NC(=S)c1c(Cl)n(CC2CCCCC2)c2ccccc12. The Hall–Kier alpha value is -1.06. The van der Waals surface area contributed by atoms with E-state index >= 15 is 0 Å². The molecule has 1 aliphatic rings. The van der Waals surface area contributed by atoms with Crippen LogP contribution in [0.2, 0.25) is 5.15 Å². The second-order valence-corrected chi connectivity index (χ2v) is 6.46. The van der Waals surface area contributed by atoms with Crippen molar-refractivity contribution in [2.24, 2.45) is 11.7 Å². The number of benzene rings is 1. The second kappa shape index (κ2) is 5.74. The maximum atomic E-state index is 6.56. The maximum absolute atomic E-state index is 6.56. The number of para-hydroxylation sites is 1. The summed E-state index contributed by atoms with van der Waals surface area (Å²) in [5.41, 5.74) is 7.83. The Morgan fingerprint density at radius 2 is 1.95 bits per heavy atom. The average Bonchev–Trinajstić information content (AvgIpc) is 2.73. The van der Waals surface area contributed by atoms with Crippen molar-refractivity contribution in [3.8, 4) is 0 Å². The molecule has 2 nitrogen and oxygen atoms in total. The molecule has 0 saturated heterocycles. The van der Waals surface area contributed by atoms with Crippen LogP contribution in [-0.2, 0) is 6.54 Å². The van der Waals surface area contributed by atoms with E-state index in [0.29, 0.717) is 10.1 Å². The Balaban J connectivity index is 2.05. The van der Waals surface area contributed by atoms with Gasteiger partial charge in [0.05, 0.1) is 5.56 Å². The Kier molecular flexibility index (Phi) is 3.99. The topological polar surface area (TPSA) is 30.9 Å². The molecule has 0 radical (unpaired) electrons. The van der Waals surface area contributed by atoms with Crippen LogP contribution in [0.4, 0.5) is 0 Å². The monoisotopic (exact) mass is 306 g/mol. The van der Waals surface area contributed by atoms with Crippen molar-refractivity contribution in [3.05, 3.63) is 35.0 Å². The van der Waals surface area contributed by atoms with Gasteiger partial charge in [-0.05, 0) is 24.8 Å². The molecule has 1 heterocycles. The number of thiocarbonyl (C=S) groups is 1. The van der Waals surface area contributed by atoms with Gasteiger partial charge >= 0.3 is 0 Å². The standard InChI is InChI=1S/C16H19ClN2S/c17-15-14(16(18)20)12-8-4-5-9-13(12)19(15)10-11-6-2-1-3-7-11/h4-5,8-9,11H,1-3,6-7,10H2,(H2,18,20). The molecule has 106 valence electrons. The van der Waals surface area contributed by atoms with Crippen LogP contribution in [0.3, 0.4) is 0 Å². The molecule has 1 aromatic carbocycles. The van der Waals surface area contributed by atoms with Gasteiger partial charge in [0, 0.05) is 17.4 Å². The molecule has 1 aliphatic carbocycles. The fourth-order valence-electron chi connectivity index (χ4n) is 3.31. The van der Waals surface area contributed by atoms with Crippen molar-refractivity contribution >= 4 is 39.7 Å². The number of rotatable bonds is 3. The normalized spacial score (nSPS) is 16.6. The first-order valence-electron chi connectivity index (χ1n) is 7.25. The summed E-state index contributed by atoms with van der Waals surface area (Å²) in [6.45, 7) is 0.974. The van der Waals surface area contributed by atoms with Gasteiger partial charge in [0.2, 0.25) is 0 Å². The van der Waals surface area contributed by atoms with Crippen molar-refractivity contribution in [2.75, 3.05) is 0 Å². The minimum atomic E-state index is 0.383. The van der Waals surface area contributed by atoms with E-state index in [2.05, 4.69) is 10.6 Å². The number of nitrogens with two attached hydrogens (primary N) is 1. The predicted octanol–water partition coefficient (Wildman–Crippen LogP) is 4.51. The van der Waals surface area contributed by atoms with Crippen LogP contribution < -0.4 is 5.73 Å². The molecule has 0 unspecified atom stereocenters. The predicted molar refractivity (Wildman–Crippen MR) is 89.4 cm³/mol. The van der Waals surface area contributed by atoms with Gasteiger partial charge in [0.1, 0.15) is 10.1 Å². The van der Waals surface area contributed by atoms with Gasteiger partial charge in [0.15, 0.2) is 0 Å². The molecule has 2 aromatic rings. The second-order valence-electron chi connectivity index (χ2n) is 5.66. The molecule has 0 bridgehead atoms. The average molecular weight is 307 g/mol. The lowest BCUT2D eigenvalue weighted by molar-refractivity contribution is 0.323. The van der Waals surface area contributed by atoms with Gasteiger partial charge in [-0.2, -0.15) is 0 Å². The number of aromatic nitrogens is 1. The van der Waals surface area contributed by atoms with Crippen LogP contribution in [0, 0.1) is 5.92 Å². The van der Waals surface area contributed by atoms with Crippen molar-refractivity contribution in [1.29, 1.82) is 0 Å². The third kappa shape index (κ3) is 2.45. The van der Waals surface area contributed by atoms with E-state index < -0.39 is 0 Å². The number of nitrogens with zero attached hydrogens (tertiary/aromatic N) is 1. The van der Waals surface area contributed by atoms with Gasteiger partial charge < -0.3 is 10.3 Å². The molecule has 0 spiro atoms. The summed E-state index contributed by atoms with van der Waals surface area (Å²) in [7, 11) is 0. The Labute approximate surface area is 129 Å². The van der Waals surface area contributed by atoms with Crippen molar-refractivity contribution < 1.29 is 0 Å². The molecule has 20 heavy (non-hydrogen) atoms. The zero-order chi connectivity index (χ0) is 14.1. The lowest BCUT2D eigenvalue weighted by Gasteiger charge is -2.23. The van der Waals surface area contributed by atoms with E-state index in [1.165, 1.54) is 32.1 Å². The summed E-state index contributed by atoms with van der Waals surface area (Å²) in [6, 6.07) is 8.20. The molecular formula is C16H19ClN2S. The van der Waals surface area contributed by atoms with E-state index in [-0.39, 0.29) is 0 Å². The fraction of sp³-hybridized carbons (Fsp3) is 0.438. The third-order valence-electron chi connectivity index (χ3n) is 4.32. The largest absolute Gasteiger partial charge is 0.389 e. The van der Waals surface area contributed by atoms with Crippen LogP contribution >= 0.6 is 23.8 Å². The molecule has 1 saturated carbocycles. The molecule has 1 fully saturated rings. The first-order chi connectivity index (χ1) is 9.68. The molecule has 0 aliphatic heterocycles. The quantitative estimate of drug-likeness (QED) is 0.846. The summed E-state index contributed by atoms with van der Waals surface area (Å²) >= 11 is 11.7. The Bertz CT molecular complexity index is 641. The summed E-state index contributed by atoms with van der Waals surface area (Å²) in [5, 5.41) is 1.77. The highest BCUT2D eigenvalue weighted by molar-refractivity contribution is 7.80. The molecular weight excluding hydrogens is 288 g/mol. The first-order valence-corrected chi connectivity index (χ1v) is 8.03. The van der Waals surface area contributed by atoms with Crippen molar-refractivity contribution in [1.82, 2.24) is 4.57 Å². The summed E-state index contributed by atoms with van der Waals surface area (Å²) < 4.78 is 2.20. The number of fused-ring (bicyclic) bond motifs is 1. The van der Waals surface area contributed by atoms with E-state index in [0.717, 1.165) is 28.9 Å². The van der Waals surface area contributed by atoms with Crippen LogP contribution in [0.15, 0.2) is 24.3 Å². The number of halogens is 1. The first kappa shape index (κ1) is 13.9. The highest BCUT2D eigenvalue weighted by Crippen LogP contribution is 2.33. The van der Waals surface area contributed by atoms with Gasteiger partial charge in [-0.1, -0.05) is 61.3 Å². The van der Waals surface area contributed by atoms with Crippen molar-refractivity contribution in [2.45, 2.75) is 38.6 Å². The van der Waals surface area contributed by atoms with Crippen LogP contribution in [0.1, 0.15) is 37.7 Å². The highest BCUT2D eigenvalue weighted by Gasteiger charge is 2.21. The minimum absolute atomic E-state index is 0.383. The lowest BCUT2D eigenvalue weighted by atomic mass is 9.89. The summed E-state index contributed by atoms with van der Waals surface area (Å²) in [6.07, 6.45) is 6.64. The minimum Gasteiger partial charge on any atom is -0.389 e. The molecule has 4 heteroatoms. The molecule has 1 aromatic heterocycles. The molecule has 0 amide bonds. The number of hydrogen-bond acceptors (Lipinski definition) is 1. The maximum Gasteiger partial charge on any atom is 0.120 e. The van der Waals surface area contributed by atoms with Crippen molar-refractivity contribution in [3.63, 3.8) is 0 Å². The fourth-order valence-corrected chi connectivity index (χ4v) is 3.94. The van der Waals surface area contributed by atoms with E-state index in [1.807, 2.05) is 18.2 Å². The molecule has 0 atom stereocenters. The highest BCUT2D eigenvalue weighted by atomic mass is 35.5. The van der Waals surface area contributed by atoms with Gasteiger partial charge in [0.25, 0.3) is 0 Å². The van der Waals surface area contributed by atoms with Crippen LogP contribution in [0.25, 0.3) is 10.9 Å². The Morgan fingerprint density at radius 3 is 2.65 bits per heavy atom. The lowest BCUT2D eigenvalue weighted by Crippen LogP contribution is -2.15. The van der Waals surface area contributed by atoms with E-state index in [1.54, 1.807) is 0 Å². The van der Waals surface area contributed by atoms with Crippen LogP contribution in [0.5, 0.6) is 0 Å². The molecule has 2 N–H and O–H groups in total. The van der Waals surface area contributed by atoms with E-state index in [4.69, 9.17) is 29.6 Å². The summed E-state index contributed by atoms with van der Waals surface area (Å²) in [4.78, 5) is 0.383. The smallest absolute Gasteiger partial charge is 0.120 e. The Morgan fingerprint density at radius 1 is 1.25 bits per heavy atom. The van der Waals surface area contributed by atoms with Gasteiger partial charge in [-0.15, -0.1) is 0 Å².